The number of halogens is 1. The van der Waals surface area contributed by atoms with Gasteiger partial charge in [-0.3, -0.25) is 4.79 Å². The summed E-state index contributed by atoms with van der Waals surface area (Å²) in [6, 6.07) is 27.0. The molecule has 0 radical (unpaired) electrons. The number of carboxylic acids is 1. The Morgan fingerprint density at radius 1 is 0.775 bits per heavy atom. The van der Waals surface area contributed by atoms with E-state index in [0.29, 0.717) is 35.9 Å². The van der Waals surface area contributed by atoms with E-state index in [1.165, 1.54) is 25.8 Å². The van der Waals surface area contributed by atoms with Gasteiger partial charge >= 0.3 is 5.97 Å². The second-order valence-corrected chi connectivity index (χ2v) is 9.46. The predicted octanol–water partition coefficient (Wildman–Crippen LogP) is 7.12. The number of benzene rings is 4. The number of rotatable bonds is 12. The number of methoxy groups -OCH3 is 2. The Labute approximate surface area is 238 Å². The Hall–Kier alpha value is -4.49. The molecule has 0 unspecified atom stereocenters. The molecule has 1 N–H and O–H groups in total. The van der Waals surface area contributed by atoms with Crippen molar-refractivity contribution in [2.45, 2.75) is 19.4 Å². The van der Waals surface area contributed by atoms with E-state index in [9.17, 15) is 14.7 Å². The number of carboxylic acid groups (broad SMARTS) is 1. The van der Waals surface area contributed by atoms with Crippen molar-refractivity contribution in [3.05, 3.63) is 118 Å². The van der Waals surface area contributed by atoms with Gasteiger partial charge in [0.15, 0.2) is 11.5 Å². The lowest BCUT2D eigenvalue weighted by Crippen LogP contribution is -2.32. The summed E-state index contributed by atoms with van der Waals surface area (Å²) in [5.74, 6) is 0.314. The minimum absolute atomic E-state index is 0.0774. The standard InChI is InChI=1S/C32H30ClNO6/c1-38-29-19-26(27(33)20-30(29)39-2)31(35)34(18-8-11-22-9-4-3-5-10-22)21-23-14-16-24(17-15-23)40-28-13-7-6-12-25(28)32(36)37/h3-7,9-10,12-17,19-20H,8,11,18,21H2,1-2H3,(H,36,37). The monoisotopic (exact) mass is 559 g/mol. The second-order valence-electron chi connectivity index (χ2n) is 9.05. The van der Waals surface area contributed by atoms with Gasteiger partial charge in [-0.1, -0.05) is 66.2 Å². The molecule has 206 valence electrons. The number of aromatic carboxylic acids is 1. The molecule has 0 spiro atoms. The van der Waals surface area contributed by atoms with Crippen LogP contribution in [0.25, 0.3) is 0 Å². The normalized spacial score (nSPS) is 10.6. The fourth-order valence-corrected chi connectivity index (χ4v) is 4.54. The van der Waals surface area contributed by atoms with Gasteiger partial charge in [0.05, 0.1) is 24.8 Å². The lowest BCUT2D eigenvalue weighted by Gasteiger charge is -2.24. The first-order chi connectivity index (χ1) is 19.4. The van der Waals surface area contributed by atoms with Crippen LogP contribution in [0.1, 0.15) is 38.3 Å². The minimum atomic E-state index is -1.06. The fourth-order valence-electron chi connectivity index (χ4n) is 4.30. The molecule has 0 fully saturated rings. The quantitative estimate of drug-likeness (QED) is 0.199. The first-order valence-electron chi connectivity index (χ1n) is 12.7. The number of aryl methyl sites for hydroxylation is 1. The Morgan fingerprint density at radius 3 is 2.10 bits per heavy atom. The molecule has 0 aromatic heterocycles. The van der Waals surface area contributed by atoms with Crippen LogP contribution in [0.15, 0.2) is 91.0 Å². The van der Waals surface area contributed by atoms with E-state index in [2.05, 4.69) is 12.1 Å². The maximum absolute atomic E-state index is 13.8. The molecule has 0 saturated heterocycles. The minimum Gasteiger partial charge on any atom is -0.493 e. The highest BCUT2D eigenvalue weighted by molar-refractivity contribution is 6.34. The van der Waals surface area contributed by atoms with Crippen molar-refractivity contribution in [2.75, 3.05) is 20.8 Å². The van der Waals surface area contributed by atoms with Crippen molar-refractivity contribution in [1.82, 2.24) is 4.90 Å². The number of carbonyl (C=O) groups excluding carboxylic acids is 1. The van der Waals surface area contributed by atoms with Crippen LogP contribution in [-0.4, -0.2) is 42.6 Å². The molecule has 7 nitrogen and oxygen atoms in total. The third kappa shape index (κ3) is 7.12. The number of amides is 1. The molecule has 0 atom stereocenters. The van der Waals surface area contributed by atoms with E-state index in [1.54, 1.807) is 47.4 Å². The third-order valence-corrected chi connectivity index (χ3v) is 6.68. The van der Waals surface area contributed by atoms with Gasteiger partial charge in [0, 0.05) is 19.2 Å². The van der Waals surface area contributed by atoms with Gasteiger partial charge in [0.25, 0.3) is 5.91 Å². The average molecular weight is 560 g/mol. The van der Waals surface area contributed by atoms with E-state index < -0.39 is 5.97 Å². The Morgan fingerprint density at radius 2 is 1.43 bits per heavy atom. The number of para-hydroxylation sites is 1. The van der Waals surface area contributed by atoms with Crippen LogP contribution < -0.4 is 14.2 Å². The summed E-state index contributed by atoms with van der Waals surface area (Å²) >= 11 is 6.50. The molecule has 4 aromatic carbocycles. The van der Waals surface area contributed by atoms with Crippen molar-refractivity contribution in [3.63, 3.8) is 0 Å². The third-order valence-electron chi connectivity index (χ3n) is 6.37. The molecule has 0 aliphatic carbocycles. The summed E-state index contributed by atoms with van der Waals surface area (Å²) in [4.78, 5) is 27.0. The fraction of sp³-hybridized carbons (Fsp3) is 0.188. The lowest BCUT2D eigenvalue weighted by molar-refractivity contribution is 0.0692. The average Bonchev–Trinajstić information content (AvgIpc) is 2.97. The van der Waals surface area contributed by atoms with Gasteiger partial charge in [-0.05, 0) is 54.3 Å². The molecule has 0 bridgehead atoms. The van der Waals surface area contributed by atoms with Gasteiger partial charge in [0.1, 0.15) is 17.1 Å². The van der Waals surface area contributed by atoms with Crippen molar-refractivity contribution < 1.29 is 28.9 Å². The zero-order chi connectivity index (χ0) is 28.5. The number of nitrogens with zero attached hydrogens (tertiary/aromatic N) is 1. The summed E-state index contributed by atoms with van der Waals surface area (Å²) in [7, 11) is 3.02. The molecule has 40 heavy (non-hydrogen) atoms. The highest BCUT2D eigenvalue weighted by atomic mass is 35.5. The lowest BCUT2D eigenvalue weighted by atomic mass is 10.1. The molecule has 4 aromatic rings. The molecular weight excluding hydrogens is 530 g/mol. The van der Waals surface area contributed by atoms with Crippen LogP contribution in [0.2, 0.25) is 5.02 Å². The van der Waals surface area contributed by atoms with Crippen LogP contribution >= 0.6 is 11.6 Å². The highest BCUT2D eigenvalue weighted by Crippen LogP contribution is 2.34. The SMILES string of the molecule is COc1cc(Cl)c(C(=O)N(CCCc2ccccc2)Cc2ccc(Oc3ccccc3C(=O)O)cc2)cc1OC. The van der Waals surface area contributed by atoms with Crippen LogP contribution in [-0.2, 0) is 13.0 Å². The summed E-state index contributed by atoms with van der Waals surface area (Å²) in [6.45, 7) is 0.840. The van der Waals surface area contributed by atoms with Gasteiger partial charge < -0.3 is 24.2 Å². The first-order valence-corrected chi connectivity index (χ1v) is 13.1. The zero-order valence-electron chi connectivity index (χ0n) is 22.3. The molecule has 1 amide bonds. The Kier molecular flexibility index (Phi) is 9.65. The van der Waals surface area contributed by atoms with Gasteiger partial charge in [-0.15, -0.1) is 0 Å². The van der Waals surface area contributed by atoms with E-state index in [0.717, 1.165) is 18.4 Å². The van der Waals surface area contributed by atoms with Crippen LogP contribution in [0.4, 0.5) is 0 Å². The predicted molar refractivity (Wildman–Crippen MR) is 154 cm³/mol. The van der Waals surface area contributed by atoms with Crippen LogP contribution in [0.5, 0.6) is 23.0 Å². The number of hydrogen-bond donors (Lipinski definition) is 1. The Bertz CT molecular complexity index is 1460. The summed E-state index contributed by atoms with van der Waals surface area (Å²) in [5, 5.41) is 9.69. The zero-order valence-corrected chi connectivity index (χ0v) is 23.1. The van der Waals surface area contributed by atoms with E-state index in [4.69, 9.17) is 25.8 Å². The molecule has 4 rings (SSSR count). The van der Waals surface area contributed by atoms with Crippen molar-refractivity contribution >= 4 is 23.5 Å². The highest BCUT2D eigenvalue weighted by Gasteiger charge is 2.22. The maximum atomic E-state index is 13.8. The molecule has 0 saturated carbocycles. The number of carbonyl (C=O) groups is 2. The summed E-state index contributed by atoms with van der Waals surface area (Å²) < 4.78 is 16.5. The second kappa shape index (κ2) is 13.5. The van der Waals surface area contributed by atoms with E-state index in [-0.39, 0.29) is 22.2 Å². The molecule has 8 heteroatoms. The molecule has 0 aliphatic rings. The van der Waals surface area contributed by atoms with E-state index in [1.807, 2.05) is 30.3 Å². The maximum Gasteiger partial charge on any atom is 0.339 e. The van der Waals surface area contributed by atoms with Crippen molar-refractivity contribution in [2.24, 2.45) is 0 Å². The smallest absolute Gasteiger partial charge is 0.339 e. The Balaban J connectivity index is 1.54. The molecular formula is C32H30ClNO6. The summed E-state index contributed by atoms with van der Waals surface area (Å²) in [6.07, 6.45) is 1.58. The van der Waals surface area contributed by atoms with E-state index >= 15 is 0 Å². The molecule has 0 aliphatic heterocycles. The van der Waals surface area contributed by atoms with Crippen LogP contribution in [0.3, 0.4) is 0 Å². The van der Waals surface area contributed by atoms with Gasteiger partial charge in [-0.2, -0.15) is 0 Å². The van der Waals surface area contributed by atoms with Gasteiger partial charge in [0.2, 0.25) is 0 Å². The van der Waals surface area contributed by atoms with Crippen molar-refractivity contribution in [3.8, 4) is 23.0 Å². The topological polar surface area (TPSA) is 85.3 Å². The van der Waals surface area contributed by atoms with Crippen LogP contribution in [0, 0.1) is 0 Å². The first kappa shape index (κ1) is 28.5. The van der Waals surface area contributed by atoms with Gasteiger partial charge in [-0.25, -0.2) is 4.79 Å². The summed E-state index contributed by atoms with van der Waals surface area (Å²) in [5.41, 5.74) is 2.48. The van der Waals surface area contributed by atoms with Crippen molar-refractivity contribution in [1.29, 1.82) is 0 Å². The number of hydrogen-bond acceptors (Lipinski definition) is 5. The number of ether oxygens (including phenoxy) is 3. The largest absolute Gasteiger partial charge is 0.493 e. The molecule has 0 heterocycles.